The van der Waals surface area contributed by atoms with Gasteiger partial charge in [0, 0.05) is 23.9 Å². The molecule has 0 saturated heterocycles. The minimum absolute atomic E-state index is 0. The fourth-order valence-electron chi connectivity index (χ4n) is 2.88. The first-order valence-electron chi connectivity index (χ1n) is 7.48. The van der Waals surface area contributed by atoms with Gasteiger partial charge in [-0.2, -0.15) is 0 Å². The molecule has 1 fully saturated rings. The first kappa shape index (κ1) is 19.5. The Labute approximate surface area is 147 Å². The lowest BCUT2D eigenvalue weighted by Crippen LogP contribution is -2.38. The average molecular weight is 363 g/mol. The second-order valence-corrected chi connectivity index (χ2v) is 7.48. The predicted molar refractivity (Wildman–Crippen MR) is 96.7 cm³/mol. The smallest absolute Gasteiger partial charge is 0.223 e. The maximum atomic E-state index is 12.6. The van der Waals surface area contributed by atoms with Gasteiger partial charge in [-0.25, -0.2) is 0 Å². The number of carbonyl (C=O) groups excluding carboxylic acids is 1. The van der Waals surface area contributed by atoms with E-state index >= 15 is 0 Å². The third-order valence-corrected chi connectivity index (χ3v) is 5.30. The fourth-order valence-corrected chi connectivity index (χ4v) is 3.98. The molecule has 1 saturated carbocycles. The van der Waals surface area contributed by atoms with Crippen molar-refractivity contribution < 1.29 is 4.79 Å². The number of hydrogen-bond acceptors (Lipinski definition) is 3. The number of rotatable bonds is 6. The normalized spacial score (nSPS) is 21.0. The standard InChI is InChI=1S/C16H23ClN2OS.ClH/c1-2-9-19(11-13-7-8-15(17)21-13)16(20)10-12-5-3-4-6-14(12)18;/h2,7-8,12,14H,1,3-6,9-11,18H2;1H. The van der Waals surface area contributed by atoms with Crippen LogP contribution in [0.25, 0.3) is 0 Å². The Hall–Kier alpha value is -0.550. The van der Waals surface area contributed by atoms with E-state index in [1.165, 1.54) is 24.2 Å². The van der Waals surface area contributed by atoms with Crippen LogP contribution in [-0.4, -0.2) is 23.4 Å². The Balaban J connectivity index is 0.00000242. The van der Waals surface area contributed by atoms with Gasteiger partial charge in [-0.1, -0.05) is 30.5 Å². The van der Waals surface area contributed by atoms with Gasteiger partial charge in [-0.05, 0) is 30.9 Å². The zero-order valence-electron chi connectivity index (χ0n) is 12.7. The molecule has 2 rings (SSSR count). The van der Waals surface area contributed by atoms with Crippen molar-refractivity contribution in [3.8, 4) is 0 Å². The molecule has 2 unspecified atom stereocenters. The van der Waals surface area contributed by atoms with Crippen molar-refractivity contribution in [2.45, 2.75) is 44.7 Å². The third-order valence-electron chi connectivity index (χ3n) is 4.08. The van der Waals surface area contributed by atoms with Crippen molar-refractivity contribution >= 4 is 41.3 Å². The van der Waals surface area contributed by atoms with Crippen molar-refractivity contribution in [3.63, 3.8) is 0 Å². The highest BCUT2D eigenvalue weighted by Crippen LogP contribution is 2.27. The summed E-state index contributed by atoms with van der Waals surface area (Å²) in [6.45, 7) is 4.92. The van der Waals surface area contributed by atoms with Crippen LogP contribution in [0.15, 0.2) is 24.8 Å². The molecule has 0 spiro atoms. The summed E-state index contributed by atoms with van der Waals surface area (Å²) in [4.78, 5) is 15.5. The van der Waals surface area contributed by atoms with Crippen molar-refractivity contribution in [3.05, 3.63) is 34.0 Å². The van der Waals surface area contributed by atoms with Crippen molar-refractivity contribution in [2.24, 2.45) is 11.7 Å². The van der Waals surface area contributed by atoms with Crippen LogP contribution in [-0.2, 0) is 11.3 Å². The molecule has 0 aliphatic heterocycles. The van der Waals surface area contributed by atoms with Crippen LogP contribution in [0.3, 0.4) is 0 Å². The summed E-state index contributed by atoms with van der Waals surface area (Å²) in [5.41, 5.74) is 6.15. The number of nitrogens with two attached hydrogens (primary N) is 1. The summed E-state index contributed by atoms with van der Waals surface area (Å²) >= 11 is 7.47. The SMILES string of the molecule is C=CCN(Cc1ccc(Cl)s1)C(=O)CC1CCCCC1N.Cl. The lowest BCUT2D eigenvalue weighted by molar-refractivity contribution is -0.132. The van der Waals surface area contributed by atoms with Crippen LogP contribution in [0.1, 0.15) is 37.0 Å². The molecule has 1 amide bonds. The molecule has 2 N–H and O–H groups in total. The molecular weight excluding hydrogens is 339 g/mol. The molecule has 22 heavy (non-hydrogen) atoms. The molecule has 124 valence electrons. The zero-order valence-corrected chi connectivity index (χ0v) is 15.1. The zero-order chi connectivity index (χ0) is 15.2. The number of thiophene rings is 1. The van der Waals surface area contributed by atoms with Crippen molar-refractivity contribution in [2.75, 3.05) is 6.54 Å². The first-order valence-corrected chi connectivity index (χ1v) is 8.68. The van der Waals surface area contributed by atoms with Crippen LogP contribution in [0, 0.1) is 5.92 Å². The summed E-state index contributed by atoms with van der Waals surface area (Å²) in [6, 6.07) is 4.02. The van der Waals surface area contributed by atoms with Crippen molar-refractivity contribution in [1.82, 2.24) is 4.90 Å². The van der Waals surface area contributed by atoms with Crippen LogP contribution in [0.5, 0.6) is 0 Å². The molecule has 0 aromatic carbocycles. The number of carbonyl (C=O) groups is 1. The molecule has 3 nitrogen and oxygen atoms in total. The first-order chi connectivity index (χ1) is 10.1. The number of halogens is 2. The molecule has 0 radical (unpaired) electrons. The molecule has 1 aromatic rings. The van der Waals surface area contributed by atoms with Gasteiger partial charge < -0.3 is 10.6 Å². The predicted octanol–water partition coefficient (Wildman–Crippen LogP) is 4.25. The molecular formula is C16H24Cl2N2OS. The molecule has 1 aliphatic carbocycles. The van der Waals surface area contributed by atoms with E-state index in [9.17, 15) is 4.79 Å². The van der Waals surface area contributed by atoms with Gasteiger partial charge in [0.05, 0.1) is 10.9 Å². The van der Waals surface area contributed by atoms with E-state index in [2.05, 4.69) is 6.58 Å². The Morgan fingerprint density at radius 1 is 1.45 bits per heavy atom. The summed E-state index contributed by atoms with van der Waals surface area (Å²) in [5.74, 6) is 0.493. The van der Waals surface area contributed by atoms with E-state index < -0.39 is 0 Å². The largest absolute Gasteiger partial charge is 0.334 e. The number of hydrogen-bond donors (Lipinski definition) is 1. The quantitative estimate of drug-likeness (QED) is 0.768. The Kier molecular flexibility index (Phi) is 8.47. The van der Waals surface area contributed by atoms with E-state index in [1.807, 2.05) is 17.0 Å². The topological polar surface area (TPSA) is 46.3 Å². The summed E-state index contributed by atoms with van der Waals surface area (Å²) in [5, 5.41) is 0. The molecule has 1 aliphatic rings. The second kappa shape index (κ2) is 9.56. The maximum Gasteiger partial charge on any atom is 0.223 e. The van der Waals surface area contributed by atoms with Gasteiger partial charge in [0.15, 0.2) is 0 Å². The highest BCUT2D eigenvalue weighted by atomic mass is 35.5. The minimum atomic E-state index is 0. The molecule has 6 heteroatoms. The Bertz CT molecular complexity index is 492. The van der Waals surface area contributed by atoms with Crippen LogP contribution >= 0.6 is 35.3 Å². The maximum absolute atomic E-state index is 12.6. The van der Waals surface area contributed by atoms with Crippen molar-refractivity contribution in [1.29, 1.82) is 0 Å². The summed E-state index contributed by atoms with van der Waals surface area (Å²) in [6.07, 6.45) is 6.81. The van der Waals surface area contributed by atoms with E-state index in [4.69, 9.17) is 17.3 Å². The molecule has 1 heterocycles. The molecule has 0 bridgehead atoms. The molecule has 2 atom stereocenters. The molecule has 1 aromatic heterocycles. The number of amides is 1. The Morgan fingerprint density at radius 2 is 2.18 bits per heavy atom. The van der Waals surface area contributed by atoms with E-state index in [1.54, 1.807) is 6.08 Å². The van der Waals surface area contributed by atoms with E-state index in [0.29, 0.717) is 25.4 Å². The van der Waals surface area contributed by atoms with E-state index in [0.717, 1.165) is 22.1 Å². The fraction of sp³-hybridized carbons (Fsp3) is 0.562. The van der Waals surface area contributed by atoms with Gasteiger partial charge in [0.25, 0.3) is 0 Å². The van der Waals surface area contributed by atoms with Gasteiger partial charge in [0.1, 0.15) is 0 Å². The highest BCUT2D eigenvalue weighted by molar-refractivity contribution is 7.16. The van der Waals surface area contributed by atoms with Gasteiger partial charge in [-0.3, -0.25) is 4.79 Å². The van der Waals surface area contributed by atoms with Gasteiger partial charge in [0.2, 0.25) is 5.91 Å². The van der Waals surface area contributed by atoms with Gasteiger partial charge in [-0.15, -0.1) is 30.3 Å². The Morgan fingerprint density at radius 3 is 2.77 bits per heavy atom. The van der Waals surface area contributed by atoms with Crippen LogP contribution < -0.4 is 5.73 Å². The third kappa shape index (κ3) is 5.58. The average Bonchev–Trinajstić information content (AvgIpc) is 2.86. The second-order valence-electron chi connectivity index (χ2n) is 5.68. The van der Waals surface area contributed by atoms with Gasteiger partial charge >= 0.3 is 0 Å². The minimum Gasteiger partial charge on any atom is -0.334 e. The lowest BCUT2D eigenvalue weighted by atomic mass is 9.82. The lowest BCUT2D eigenvalue weighted by Gasteiger charge is -2.30. The number of nitrogens with zero attached hydrogens (tertiary/aromatic N) is 1. The van der Waals surface area contributed by atoms with E-state index in [-0.39, 0.29) is 24.4 Å². The van der Waals surface area contributed by atoms with Crippen LogP contribution in [0.2, 0.25) is 4.34 Å². The monoisotopic (exact) mass is 362 g/mol. The van der Waals surface area contributed by atoms with Crippen LogP contribution in [0.4, 0.5) is 0 Å². The summed E-state index contributed by atoms with van der Waals surface area (Å²) < 4.78 is 0.755. The highest BCUT2D eigenvalue weighted by Gasteiger charge is 2.26. The summed E-state index contributed by atoms with van der Waals surface area (Å²) in [7, 11) is 0.